The lowest BCUT2D eigenvalue weighted by Gasteiger charge is -2.33. The number of benzene rings is 1. The minimum atomic E-state index is -1.00. The van der Waals surface area contributed by atoms with Crippen molar-refractivity contribution in [2.45, 2.75) is 38.3 Å². The summed E-state index contributed by atoms with van der Waals surface area (Å²) in [4.78, 5) is 14.1. The minimum absolute atomic E-state index is 0.0184. The molecule has 0 saturated carbocycles. The molecule has 0 aliphatic carbocycles. The van der Waals surface area contributed by atoms with Crippen molar-refractivity contribution in [2.75, 3.05) is 18.5 Å². The van der Waals surface area contributed by atoms with Crippen LogP contribution in [0.3, 0.4) is 0 Å². The first-order valence-corrected chi connectivity index (χ1v) is 7.48. The van der Waals surface area contributed by atoms with Gasteiger partial charge in [-0.25, -0.2) is 9.18 Å². The molecule has 1 saturated heterocycles. The zero-order valence-corrected chi connectivity index (χ0v) is 13.3. The molecule has 0 spiro atoms. The first-order valence-electron chi connectivity index (χ1n) is 7.48. The number of ether oxygens (including phenoxy) is 1. The number of amides is 2. The van der Waals surface area contributed by atoms with E-state index in [1.54, 1.807) is 18.7 Å². The zero-order chi connectivity index (χ0) is 17.0. The number of rotatable bonds is 4. The second kappa shape index (κ2) is 6.88. The highest BCUT2D eigenvalue weighted by atomic mass is 19.1. The van der Waals surface area contributed by atoms with E-state index in [4.69, 9.17) is 11.2 Å². The van der Waals surface area contributed by atoms with Crippen molar-refractivity contribution in [1.82, 2.24) is 4.90 Å². The Morgan fingerprint density at radius 1 is 1.61 bits per heavy atom. The fourth-order valence-electron chi connectivity index (χ4n) is 2.78. The summed E-state index contributed by atoms with van der Waals surface area (Å²) in [6.07, 6.45) is 6.68. The molecule has 2 amide bonds. The summed E-state index contributed by atoms with van der Waals surface area (Å²) in [5, 5.41) is 12.8. The summed E-state index contributed by atoms with van der Waals surface area (Å²) in [6, 6.07) is 3.15. The Morgan fingerprint density at radius 3 is 3.00 bits per heavy atom. The highest BCUT2D eigenvalue weighted by Gasteiger charge is 2.38. The van der Waals surface area contributed by atoms with Gasteiger partial charge in [0.05, 0.1) is 17.3 Å². The van der Waals surface area contributed by atoms with Gasteiger partial charge in [0.15, 0.2) is 0 Å². The van der Waals surface area contributed by atoms with Gasteiger partial charge in [-0.3, -0.25) is 0 Å². The molecular weight excluding hydrogens is 299 g/mol. The number of nitrogens with zero attached hydrogens (tertiary/aromatic N) is 1. The zero-order valence-electron chi connectivity index (χ0n) is 13.3. The second-order valence-corrected chi connectivity index (χ2v) is 6.07. The average molecular weight is 320 g/mol. The highest BCUT2D eigenvalue weighted by molar-refractivity contribution is 5.91. The van der Waals surface area contributed by atoms with Crippen LogP contribution in [0.4, 0.5) is 14.9 Å². The standard InChI is InChI=1S/C17H21FN2O3/c1-4-10-23-14-8-7-12(18)11-13(14)19-16(21)20-9-5-6-15(20)17(2,3)22/h1,7-8,11,15,22H,5-6,9-10H2,2-3H3,(H,19,21). The third-order valence-corrected chi connectivity index (χ3v) is 3.82. The summed E-state index contributed by atoms with van der Waals surface area (Å²) in [6.45, 7) is 3.90. The van der Waals surface area contributed by atoms with Crippen LogP contribution < -0.4 is 10.1 Å². The largest absolute Gasteiger partial charge is 0.479 e. The molecule has 1 aromatic carbocycles. The Morgan fingerprint density at radius 2 is 2.35 bits per heavy atom. The van der Waals surface area contributed by atoms with Crippen LogP contribution in [-0.2, 0) is 0 Å². The van der Waals surface area contributed by atoms with Crippen LogP contribution in [0.15, 0.2) is 18.2 Å². The Hall–Kier alpha value is -2.26. The molecule has 1 unspecified atom stereocenters. The molecule has 23 heavy (non-hydrogen) atoms. The van der Waals surface area contributed by atoms with E-state index in [9.17, 15) is 14.3 Å². The van der Waals surface area contributed by atoms with Crippen molar-refractivity contribution < 1.29 is 19.0 Å². The number of anilines is 1. The van der Waals surface area contributed by atoms with E-state index in [0.717, 1.165) is 12.8 Å². The first-order chi connectivity index (χ1) is 10.8. The van der Waals surface area contributed by atoms with Crippen LogP contribution in [0.1, 0.15) is 26.7 Å². The smallest absolute Gasteiger partial charge is 0.322 e. The number of hydrogen-bond donors (Lipinski definition) is 2. The lowest BCUT2D eigenvalue weighted by atomic mass is 9.97. The summed E-state index contributed by atoms with van der Waals surface area (Å²) < 4.78 is 18.8. The molecule has 1 aliphatic heterocycles. The summed E-state index contributed by atoms with van der Waals surface area (Å²) >= 11 is 0. The van der Waals surface area contributed by atoms with Crippen LogP contribution in [0.5, 0.6) is 5.75 Å². The molecule has 5 nitrogen and oxygen atoms in total. The van der Waals surface area contributed by atoms with E-state index < -0.39 is 17.4 Å². The quantitative estimate of drug-likeness (QED) is 0.838. The third-order valence-electron chi connectivity index (χ3n) is 3.82. The fraction of sp³-hybridized carbons (Fsp3) is 0.471. The van der Waals surface area contributed by atoms with E-state index in [-0.39, 0.29) is 18.3 Å². The van der Waals surface area contributed by atoms with Gasteiger partial charge in [-0.05, 0) is 38.8 Å². The van der Waals surface area contributed by atoms with Gasteiger partial charge in [0.25, 0.3) is 0 Å². The molecule has 0 bridgehead atoms. The number of terminal acetylenes is 1. The van der Waals surface area contributed by atoms with E-state index in [1.165, 1.54) is 18.2 Å². The van der Waals surface area contributed by atoms with Crippen molar-refractivity contribution in [3.8, 4) is 18.1 Å². The van der Waals surface area contributed by atoms with Gasteiger partial charge in [-0.15, -0.1) is 6.42 Å². The number of likely N-dealkylation sites (tertiary alicyclic amines) is 1. The average Bonchev–Trinajstić information content (AvgIpc) is 2.96. The summed E-state index contributed by atoms with van der Waals surface area (Å²) in [7, 11) is 0. The van der Waals surface area contributed by atoms with Gasteiger partial charge in [0.1, 0.15) is 18.2 Å². The van der Waals surface area contributed by atoms with Crippen molar-refractivity contribution in [3.05, 3.63) is 24.0 Å². The first kappa shape index (κ1) is 17.1. The van der Waals surface area contributed by atoms with E-state index in [1.807, 2.05) is 0 Å². The maximum atomic E-state index is 13.5. The van der Waals surface area contributed by atoms with Gasteiger partial charge in [0, 0.05) is 12.6 Å². The predicted octanol–water partition coefficient (Wildman–Crippen LogP) is 2.60. The second-order valence-electron chi connectivity index (χ2n) is 6.07. The molecule has 1 aromatic rings. The highest BCUT2D eigenvalue weighted by Crippen LogP contribution is 2.30. The van der Waals surface area contributed by atoms with Gasteiger partial charge in [-0.1, -0.05) is 5.92 Å². The van der Waals surface area contributed by atoms with Crippen molar-refractivity contribution >= 4 is 11.7 Å². The van der Waals surface area contributed by atoms with Crippen LogP contribution in [0.2, 0.25) is 0 Å². The molecule has 2 rings (SSSR count). The summed E-state index contributed by atoms with van der Waals surface area (Å²) in [5.74, 6) is 2.13. The number of aliphatic hydroxyl groups is 1. The number of halogens is 1. The van der Waals surface area contributed by atoms with Crippen molar-refractivity contribution in [1.29, 1.82) is 0 Å². The molecule has 0 aromatic heterocycles. The van der Waals surface area contributed by atoms with E-state index >= 15 is 0 Å². The predicted molar refractivity (Wildman–Crippen MR) is 85.8 cm³/mol. The van der Waals surface area contributed by atoms with Gasteiger partial charge in [0.2, 0.25) is 0 Å². The van der Waals surface area contributed by atoms with Gasteiger partial charge < -0.3 is 20.1 Å². The van der Waals surface area contributed by atoms with Gasteiger partial charge >= 0.3 is 6.03 Å². The molecule has 1 fully saturated rings. The van der Waals surface area contributed by atoms with Crippen LogP contribution >= 0.6 is 0 Å². The number of carbonyl (C=O) groups excluding carboxylic acids is 1. The molecule has 2 N–H and O–H groups in total. The molecular formula is C17H21FN2O3. The monoisotopic (exact) mass is 320 g/mol. The maximum absolute atomic E-state index is 13.5. The lowest BCUT2D eigenvalue weighted by Crippen LogP contribution is -2.49. The number of nitrogens with one attached hydrogen (secondary N) is 1. The Bertz CT molecular complexity index is 619. The number of carbonyl (C=O) groups is 1. The maximum Gasteiger partial charge on any atom is 0.322 e. The molecule has 1 heterocycles. The molecule has 1 atom stereocenters. The lowest BCUT2D eigenvalue weighted by molar-refractivity contribution is 0.0117. The van der Waals surface area contributed by atoms with Gasteiger partial charge in [-0.2, -0.15) is 0 Å². The Balaban J connectivity index is 2.16. The Labute approximate surface area is 135 Å². The molecule has 124 valence electrons. The van der Waals surface area contributed by atoms with Crippen molar-refractivity contribution in [3.63, 3.8) is 0 Å². The molecule has 6 heteroatoms. The molecule has 1 aliphatic rings. The third kappa shape index (κ3) is 4.14. The van der Waals surface area contributed by atoms with Crippen LogP contribution in [-0.4, -0.2) is 40.8 Å². The minimum Gasteiger partial charge on any atom is -0.479 e. The van der Waals surface area contributed by atoms with Crippen molar-refractivity contribution in [2.24, 2.45) is 0 Å². The van der Waals surface area contributed by atoms with Crippen LogP contribution in [0.25, 0.3) is 0 Å². The normalized spacial score (nSPS) is 17.7. The number of urea groups is 1. The Kier molecular flexibility index (Phi) is 5.12. The van der Waals surface area contributed by atoms with E-state index in [0.29, 0.717) is 12.3 Å². The summed E-state index contributed by atoms with van der Waals surface area (Å²) in [5.41, 5.74) is -0.787. The van der Waals surface area contributed by atoms with E-state index in [2.05, 4.69) is 11.2 Å². The number of hydrogen-bond acceptors (Lipinski definition) is 3. The SMILES string of the molecule is C#CCOc1ccc(F)cc1NC(=O)N1CCCC1C(C)(C)O. The fourth-order valence-corrected chi connectivity index (χ4v) is 2.78. The molecule has 0 radical (unpaired) electrons. The topological polar surface area (TPSA) is 61.8 Å². The van der Waals surface area contributed by atoms with Crippen LogP contribution in [0, 0.1) is 18.2 Å².